The number of methoxy groups -OCH3 is 1. The molecule has 0 saturated carbocycles. The number of imidazole rings is 1. The predicted octanol–water partition coefficient (Wildman–Crippen LogP) is 4.52. The molecular weight excluding hydrogens is 274 g/mol. The van der Waals surface area contributed by atoms with Crippen LogP contribution in [0, 0.1) is 0 Å². The Morgan fingerprint density at radius 3 is 2.55 bits per heavy atom. The molecule has 0 radical (unpaired) electrons. The van der Waals surface area contributed by atoms with Crippen molar-refractivity contribution in [3.63, 3.8) is 0 Å². The summed E-state index contributed by atoms with van der Waals surface area (Å²) in [4.78, 5) is 4.65. The van der Waals surface area contributed by atoms with Gasteiger partial charge in [0.1, 0.15) is 17.9 Å². The van der Waals surface area contributed by atoms with E-state index in [0.717, 1.165) is 29.1 Å². The molecule has 2 N–H and O–H groups in total. The quantitative estimate of drug-likeness (QED) is 0.519. The molecule has 4 heteroatoms. The van der Waals surface area contributed by atoms with Crippen molar-refractivity contribution < 1.29 is 4.74 Å². The number of aryl methyl sites for hydroxylation is 1. The topological polar surface area (TPSA) is 53.1 Å². The van der Waals surface area contributed by atoms with E-state index in [0.29, 0.717) is 6.61 Å². The molecule has 0 spiro atoms. The molecule has 2 rings (SSSR count). The monoisotopic (exact) mass is 303 g/mol. The Hall–Kier alpha value is -1.55. The van der Waals surface area contributed by atoms with Gasteiger partial charge in [-0.3, -0.25) is 0 Å². The van der Waals surface area contributed by atoms with Crippen LogP contribution in [-0.4, -0.2) is 16.7 Å². The van der Waals surface area contributed by atoms with Gasteiger partial charge in [0.05, 0.1) is 11.2 Å². The molecule has 22 heavy (non-hydrogen) atoms. The molecule has 0 aliphatic rings. The van der Waals surface area contributed by atoms with Gasteiger partial charge in [-0.05, 0) is 18.6 Å². The lowest BCUT2D eigenvalue weighted by Crippen LogP contribution is -2.05. The van der Waals surface area contributed by atoms with Crippen LogP contribution >= 0.6 is 0 Å². The number of aromatic nitrogens is 2. The van der Waals surface area contributed by atoms with E-state index < -0.39 is 0 Å². The lowest BCUT2D eigenvalue weighted by molar-refractivity contribution is 0.174. The molecule has 0 aliphatic carbocycles. The van der Waals surface area contributed by atoms with Crippen LogP contribution in [0.4, 0.5) is 5.69 Å². The molecule has 0 saturated heterocycles. The van der Waals surface area contributed by atoms with Gasteiger partial charge in [0, 0.05) is 13.7 Å². The van der Waals surface area contributed by atoms with E-state index in [4.69, 9.17) is 10.5 Å². The van der Waals surface area contributed by atoms with Crippen molar-refractivity contribution >= 4 is 16.7 Å². The van der Waals surface area contributed by atoms with E-state index in [1.54, 1.807) is 7.11 Å². The molecule has 1 aromatic heterocycles. The van der Waals surface area contributed by atoms with E-state index in [-0.39, 0.29) is 0 Å². The molecular formula is C18H29N3O. The number of anilines is 1. The zero-order valence-corrected chi connectivity index (χ0v) is 14.0. The molecule has 0 aliphatic heterocycles. The van der Waals surface area contributed by atoms with Gasteiger partial charge < -0.3 is 15.0 Å². The highest BCUT2D eigenvalue weighted by atomic mass is 16.5. The van der Waals surface area contributed by atoms with Gasteiger partial charge in [-0.2, -0.15) is 0 Å². The number of fused-ring (bicyclic) bond motifs is 1. The SMILES string of the molecule is CCCCCCCCCn1c(COC)nc2c(N)cccc21. The van der Waals surface area contributed by atoms with Crippen molar-refractivity contribution in [2.75, 3.05) is 12.8 Å². The Morgan fingerprint density at radius 1 is 1.09 bits per heavy atom. The van der Waals surface area contributed by atoms with Crippen molar-refractivity contribution in [2.24, 2.45) is 0 Å². The maximum Gasteiger partial charge on any atom is 0.136 e. The van der Waals surface area contributed by atoms with Crippen molar-refractivity contribution in [2.45, 2.75) is 65.0 Å². The van der Waals surface area contributed by atoms with Crippen molar-refractivity contribution in [3.05, 3.63) is 24.0 Å². The Bertz CT molecular complexity index is 577. The fraction of sp³-hybridized carbons (Fsp3) is 0.611. The highest BCUT2D eigenvalue weighted by Gasteiger charge is 2.11. The first kappa shape index (κ1) is 16.8. The maximum absolute atomic E-state index is 6.04. The zero-order chi connectivity index (χ0) is 15.8. The second kappa shape index (κ2) is 8.79. The van der Waals surface area contributed by atoms with Crippen molar-refractivity contribution in [3.8, 4) is 0 Å². The first-order valence-corrected chi connectivity index (χ1v) is 8.50. The van der Waals surface area contributed by atoms with E-state index in [1.807, 2.05) is 12.1 Å². The standard InChI is InChI=1S/C18H29N3O/c1-3-4-5-6-7-8-9-13-21-16-12-10-11-15(19)18(16)20-17(21)14-22-2/h10-12H,3-9,13-14,19H2,1-2H3. The normalized spacial score (nSPS) is 11.4. The molecule has 0 unspecified atom stereocenters. The summed E-state index contributed by atoms with van der Waals surface area (Å²) in [6.07, 6.45) is 9.19. The van der Waals surface area contributed by atoms with Gasteiger partial charge in [-0.1, -0.05) is 51.5 Å². The lowest BCUT2D eigenvalue weighted by Gasteiger charge is -2.09. The summed E-state index contributed by atoms with van der Waals surface area (Å²) >= 11 is 0. The minimum absolute atomic E-state index is 0.532. The zero-order valence-electron chi connectivity index (χ0n) is 14.0. The second-order valence-corrected chi connectivity index (χ2v) is 5.95. The second-order valence-electron chi connectivity index (χ2n) is 5.95. The molecule has 1 aromatic carbocycles. The molecule has 0 bridgehead atoms. The number of nitrogens with two attached hydrogens (primary N) is 1. The van der Waals surface area contributed by atoms with Crippen LogP contribution in [-0.2, 0) is 17.9 Å². The Labute approximate surface area is 133 Å². The van der Waals surface area contributed by atoms with E-state index in [2.05, 4.69) is 22.5 Å². The summed E-state index contributed by atoms with van der Waals surface area (Å²) in [5.41, 5.74) is 8.81. The molecule has 0 atom stereocenters. The number of nitrogens with zero attached hydrogens (tertiary/aromatic N) is 2. The van der Waals surface area contributed by atoms with Gasteiger partial charge in [0.2, 0.25) is 0 Å². The summed E-state index contributed by atoms with van der Waals surface area (Å²) in [6.45, 7) is 3.78. The summed E-state index contributed by atoms with van der Waals surface area (Å²) in [5, 5.41) is 0. The number of hydrogen-bond donors (Lipinski definition) is 1. The van der Waals surface area contributed by atoms with Crippen molar-refractivity contribution in [1.29, 1.82) is 0 Å². The predicted molar refractivity (Wildman–Crippen MR) is 92.9 cm³/mol. The third-order valence-electron chi connectivity index (χ3n) is 4.15. The summed E-state index contributed by atoms with van der Waals surface area (Å²) < 4.78 is 7.55. The third kappa shape index (κ3) is 4.23. The average molecular weight is 303 g/mol. The fourth-order valence-corrected chi connectivity index (χ4v) is 2.93. The molecule has 2 aromatic rings. The molecule has 0 fully saturated rings. The number of ether oxygens (including phenoxy) is 1. The summed E-state index contributed by atoms with van der Waals surface area (Å²) in [7, 11) is 1.71. The van der Waals surface area contributed by atoms with Gasteiger partial charge >= 0.3 is 0 Å². The largest absolute Gasteiger partial charge is 0.397 e. The summed E-state index contributed by atoms with van der Waals surface area (Å²) in [6, 6.07) is 6.00. The number of hydrogen-bond acceptors (Lipinski definition) is 3. The van der Waals surface area contributed by atoms with Crippen LogP contribution in [0.1, 0.15) is 57.7 Å². The van der Waals surface area contributed by atoms with Gasteiger partial charge in [-0.15, -0.1) is 0 Å². The number of benzene rings is 1. The van der Waals surface area contributed by atoms with Crippen molar-refractivity contribution in [1.82, 2.24) is 9.55 Å². The van der Waals surface area contributed by atoms with Crippen LogP contribution in [0.25, 0.3) is 11.0 Å². The molecule has 4 nitrogen and oxygen atoms in total. The smallest absolute Gasteiger partial charge is 0.136 e. The van der Waals surface area contributed by atoms with Gasteiger partial charge in [0.25, 0.3) is 0 Å². The van der Waals surface area contributed by atoms with Gasteiger partial charge in [0.15, 0.2) is 0 Å². The molecule has 122 valence electrons. The third-order valence-corrected chi connectivity index (χ3v) is 4.15. The number of unbranched alkanes of at least 4 members (excludes halogenated alkanes) is 6. The fourth-order valence-electron chi connectivity index (χ4n) is 2.93. The Balaban J connectivity index is 1.97. The minimum Gasteiger partial charge on any atom is -0.397 e. The van der Waals surface area contributed by atoms with E-state index in [1.165, 1.54) is 44.9 Å². The number of nitrogen functional groups attached to an aromatic ring is 1. The highest BCUT2D eigenvalue weighted by molar-refractivity contribution is 5.87. The Morgan fingerprint density at radius 2 is 1.82 bits per heavy atom. The number of para-hydroxylation sites is 1. The maximum atomic E-state index is 6.04. The van der Waals surface area contributed by atoms with E-state index in [9.17, 15) is 0 Å². The minimum atomic E-state index is 0.532. The Kier molecular flexibility index (Phi) is 6.72. The lowest BCUT2D eigenvalue weighted by atomic mass is 10.1. The average Bonchev–Trinajstić information content (AvgIpc) is 2.86. The van der Waals surface area contributed by atoms with Crippen LogP contribution in [0.2, 0.25) is 0 Å². The van der Waals surface area contributed by atoms with E-state index >= 15 is 0 Å². The first-order chi connectivity index (χ1) is 10.8. The van der Waals surface area contributed by atoms with Crippen LogP contribution < -0.4 is 5.73 Å². The highest BCUT2D eigenvalue weighted by Crippen LogP contribution is 2.23. The molecule has 1 heterocycles. The van der Waals surface area contributed by atoms with Crippen LogP contribution in [0.3, 0.4) is 0 Å². The van der Waals surface area contributed by atoms with Gasteiger partial charge in [-0.25, -0.2) is 4.98 Å². The van der Waals surface area contributed by atoms with Crippen LogP contribution in [0.5, 0.6) is 0 Å². The first-order valence-electron chi connectivity index (χ1n) is 8.50. The molecule has 0 amide bonds. The van der Waals surface area contributed by atoms with Crippen LogP contribution in [0.15, 0.2) is 18.2 Å². The summed E-state index contributed by atoms with van der Waals surface area (Å²) in [5.74, 6) is 0.974. The number of rotatable bonds is 10.